The van der Waals surface area contributed by atoms with Crippen molar-refractivity contribution >= 4 is 11.6 Å². The van der Waals surface area contributed by atoms with E-state index in [2.05, 4.69) is 44.9 Å². The Bertz CT molecular complexity index is 1150. The van der Waals surface area contributed by atoms with Gasteiger partial charge in [0, 0.05) is 6.20 Å². The summed E-state index contributed by atoms with van der Waals surface area (Å²) in [6.45, 7) is 6.01. The summed E-state index contributed by atoms with van der Waals surface area (Å²) in [5.74, 6) is 1.45. The van der Waals surface area contributed by atoms with Crippen LogP contribution in [0.4, 0.5) is 0 Å². The summed E-state index contributed by atoms with van der Waals surface area (Å²) in [5.41, 5.74) is 1.86. The molecule has 9 heteroatoms. The number of amides is 1. The van der Waals surface area contributed by atoms with Crippen LogP contribution in [0.3, 0.4) is 0 Å². The van der Waals surface area contributed by atoms with E-state index in [-0.39, 0.29) is 11.9 Å². The molecule has 29 heavy (non-hydrogen) atoms. The average Bonchev–Trinajstić information content (AvgIpc) is 3.33. The van der Waals surface area contributed by atoms with Gasteiger partial charge in [0.15, 0.2) is 17.3 Å². The molecule has 0 aliphatic rings. The third-order valence-corrected chi connectivity index (χ3v) is 4.67. The number of nitrogens with zero attached hydrogens (tertiary/aromatic N) is 7. The van der Waals surface area contributed by atoms with Crippen molar-refractivity contribution < 1.29 is 4.79 Å². The maximum absolute atomic E-state index is 13.2. The molecule has 4 aromatic rings. The van der Waals surface area contributed by atoms with Crippen LogP contribution in [0.15, 0.2) is 48.7 Å². The molecule has 3 aromatic heterocycles. The minimum Gasteiger partial charge on any atom is -0.342 e. The standard InChI is InChI=1S/C20H22N8O/c1-13(2)12-16(19-24-23-18-10-6-7-11-27(18)19)21-20(29)15-8-4-5-9-17(15)28-14(3)22-25-26-28/h4-11,13,16H,12H2,1-3H3,(H,21,29)/t16-/m0/s1. The molecule has 4 rings (SSSR count). The fraction of sp³-hybridized carbons (Fsp3) is 0.300. The molecular weight excluding hydrogens is 368 g/mol. The molecule has 0 aliphatic carbocycles. The van der Waals surface area contributed by atoms with Gasteiger partial charge in [0.2, 0.25) is 0 Å². The Morgan fingerprint density at radius 2 is 1.86 bits per heavy atom. The Labute approximate surface area is 167 Å². The highest BCUT2D eigenvalue weighted by Crippen LogP contribution is 2.22. The predicted octanol–water partition coefficient (Wildman–Crippen LogP) is 2.53. The summed E-state index contributed by atoms with van der Waals surface area (Å²) in [4.78, 5) is 13.2. The number of aryl methyl sites for hydroxylation is 1. The number of benzene rings is 1. The quantitative estimate of drug-likeness (QED) is 0.543. The normalized spacial score (nSPS) is 12.4. The van der Waals surface area contributed by atoms with E-state index in [0.717, 1.165) is 12.1 Å². The van der Waals surface area contributed by atoms with Crippen LogP contribution in [0.5, 0.6) is 0 Å². The van der Waals surface area contributed by atoms with Gasteiger partial charge < -0.3 is 5.32 Å². The van der Waals surface area contributed by atoms with Gasteiger partial charge in [-0.3, -0.25) is 9.20 Å². The Morgan fingerprint density at radius 3 is 2.62 bits per heavy atom. The van der Waals surface area contributed by atoms with E-state index in [1.54, 1.807) is 17.7 Å². The molecule has 0 saturated carbocycles. The fourth-order valence-electron chi connectivity index (χ4n) is 3.34. The van der Waals surface area contributed by atoms with Gasteiger partial charge in [0.1, 0.15) is 0 Å². The summed E-state index contributed by atoms with van der Waals surface area (Å²) >= 11 is 0. The van der Waals surface area contributed by atoms with Gasteiger partial charge >= 0.3 is 0 Å². The second-order valence-electron chi connectivity index (χ2n) is 7.30. The fourth-order valence-corrected chi connectivity index (χ4v) is 3.34. The first-order chi connectivity index (χ1) is 14.0. The van der Waals surface area contributed by atoms with Gasteiger partial charge in [0.25, 0.3) is 5.91 Å². The van der Waals surface area contributed by atoms with Gasteiger partial charge in [-0.25, -0.2) is 0 Å². The molecule has 0 saturated heterocycles. The van der Waals surface area contributed by atoms with Crippen molar-refractivity contribution in [3.05, 3.63) is 65.9 Å². The lowest BCUT2D eigenvalue weighted by molar-refractivity contribution is 0.0929. The number of rotatable bonds is 6. The van der Waals surface area contributed by atoms with Crippen molar-refractivity contribution in [3.63, 3.8) is 0 Å². The summed E-state index contributed by atoms with van der Waals surface area (Å²) in [6, 6.07) is 12.7. The Balaban J connectivity index is 1.69. The number of fused-ring (bicyclic) bond motifs is 1. The third kappa shape index (κ3) is 3.71. The second-order valence-corrected chi connectivity index (χ2v) is 7.30. The monoisotopic (exact) mass is 390 g/mol. The smallest absolute Gasteiger partial charge is 0.254 e. The Morgan fingerprint density at radius 1 is 1.07 bits per heavy atom. The van der Waals surface area contributed by atoms with Crippen LogP contribution in [-0.2, 0) is 0 Å². The molecule has 0 radical (unpaired) electrons. The van der Waals surface area contributed by atoms with E-state index < -0.39 is 0 Å². The zero-order chi connectivity index (χ0) is 20.4. The minimum atomic E-state index is -0.289. The number of para-hydroxylation sites is 1. The molecule has 9 nitrogen and oxygen atoms in total. The molecule has 148 valence electrons. The van der Waals surface area contributed by atoms with Gasteiger partial charge in [-0.2, -0.15) is 4.68 Å². The summed E-state index contributed by atoms with van der Waals surface area (Å²) in [7, 11) is 0. The number of hydrogen-bond acceptors (Lipinski definition) is 6. The molecule has 1 amide bonds. The molecule has 3 heterocycles. The van der Waals surface area contributed by atoms with Crippen molar-refractivity contribution in [3.8, 4) is 5.69 Å². The van der Waals surface area contributed by atoms with Crippen LogP contribution in [0.25, 0.3) is 11.3 Å². The number of hydrogen-bond donors (Lipinski definition) is 1. The van der Waals surface area contributed by atoms with E-state index in [1.165, 1.54) is 0 Å². The maximum Gasteiger partial charge on any atom is 0.254 e. The minimum absolute atomic E-state index is 0.214. The van der Waals surface area contributed by atoms with Crippen molar-refractivity contribution in [1.82, 2.24) is 40.1 Å². The van der Waals surface area contributed by atoms with E-state index in [9.17, 15) is 4.79 Å². The first kappa shape index (κ1) is 18.7. The molecule has 0 bridgehead atoms. The second kappa shape index (κ2) is 7.78. The van der Waals surface area contributed by atoms with Crippen LogP contribution in [0, 0.1) is 12.8 Å². The maximum atomic E-state index is 13.2. The summed E-state index contributed by atoms with van der Waals surface area (Å²) < 4.78 is 3.46. The molecule has 0 fully saturated rings. The number of carbonyl (C=O) groups is 1. The molecular formula is C20H22N8O. The molecule has 1 aromatic carbocycles. The number of nitrogens with one attached hydrogen (secondary N) is 1. The number of aromatic nitrogens is 7. The molecule has 0 spiro atoms. The van der Waals surface area contributed by atoms with E-state index in [4.69, 9.17) is 0 Å². The van der Waals surface area contributed by atoms with Gasteiger partial charge in [-0.1, -0.05) is 32.0 Å². The van der Waals surface area contributed by atoms with Crippen LogP contribution >= 0.6 is 0 Å². The van der Waals surface area contributed by atoms with Crippen LogP contribution < -0.4 is 5.32 Å². The number of carbonyl (C=O) groups excluding carboxylic acids is 1. The molecule has 1 atom stereocenters. The predicted molar refractivity (Wildman–Crippen MR) is 107 cm³/mol. The average molecular weight is 390 g/mol. The van der Waals surface area contributed by atoms with Crippen LogP contribution in [0.1, 0.15) is 48.3 Å². The van der Waals surface area contributed by atoms with Gasteiger partial charge in [-0.05, 0) is 54.0 Å². The lowest BCUT2D eigenvalue weighted by Crippen LogP contribution is -2.31. The number of pyridine rings is 1. The topological polar surface area (TPSA) is 103 Å². The highest BCUT2D eigenvalue weighted by atomic mass is 16.1. The highest BCUT2D eigenvalue weighted by molar-refractivity contribution is 5.98. The zero-order valence-electron chi connectivity index (χ0n) is 16.5. The van der Waals surface area contributed by atoms with E-state index in [1.807, 2.05) is 47.0 Å². The van der Waals surface area contributed by atoms with Crippen molar-refractivity contribution in [2.75, 3.05) is 0 Å². The first-order valence-electron chi connectivity index (χ1n) is 9.49. The summed E-state index contributed by atoms with van der Waals surface area (Å²) in [5, 5.41) is 23.3. The van der Waals surface area contributed by atoms with Gasteiger partial charge in [0.05, 0.1) is 17.3 Å². The molecule has 1 N–H and O–H groups in total. The first-order valence-corrected chi connectivity index (χ1v) is 9.49. The van der Waals surface area contributed by atoms with Crippen LogP contribution in [-0.4, -0.2) is 40.7 Å². The zero-order valence-corrected chi connectivity index (χ0v) is 16.5. The lowest BCUT2D eigenvalue weighted by atomic mass is 10.0. The van der Waals surface area contributed by atoms with Crippen molar-refractivity contribution in [1.29, 1.82) is 0 Å². The van der Waals surface area contributed by atoms with Crippen molar-refractivity contribution in [2.24, 2.45) is 5.92 Å². The van der Waals surface area contributed by atoms with Crippen LogP contribution in [0.2, 0.25) is 0 Å². The largest absolute Gasteiger partial charge is 0.342 e. The summed E-state index contributed by atoms with van der Waals surface area (Å²) in [6.07, 6.45) is 2.63. The molecule has 0 aliphatic heterocycles. The molecule has 0 unspecified atom stereocenters. The van der Waals surface area contributed by atoms with E-state index in [0.29, 0.717) is 28.8 Å². The Hall–Kier alpha value is -3.62. The van der Waals surface area contributed by atoms with E-state index >= 15 is 0 Å². The van der Waals surface area contributed by atoms with Crippen molar-refractivity contribution in [2.45, 2.75) is 33.2 Å². The Kier molecular flexibility index (Phi) is 5.03. The third-order valence-electron chi connectivity index (χ3n) is 4.67. The lowest BCUT2D eigenvalue weighted by Gasteiger charge is -2.20. The highest BCUT2D eigenvalue weighted by Gasteiger charge is 2.24. The SMILES string of the molecule is Cc1nnnn1-c1ccccc1C(=O)N[C@@H](CC(C)C)c1nnc2ccccn12. The number of tetrazole rings is 1. The van der Waals surface area contributed by atoms with Gasteiger partial charge in [-0.15, -0.1) is 15.3 Å².